The van der Waals surface area contributed by atoms with Crippen molar-refractivity contribution in [3.8, 4) is 0 Å². The Labute approximate surface area is 161 Å². The summed E-state index contributed by atoms with van der Waals surface area (Å²) < 4.78 is 13.4. The summed E-state index contributed by atoms with van der Waals surface area (Å²) in [5.41, 5.74) is 9.03. The van der Waals surface area contributed by atoms with Crippen LogP contribution in [0, 0.1) is 5.82 Å². The number of aromatic nitrogens is 2. The van der Waals surface area contributed by atoms with Crippen molar-refractivity contribution in [2.24, 2.45) is 4.99 Å². The van der Waals surface area contributed by atoms with E-state index in [1.54, 1.807) is 31.0 Å². The van der Waals surface area contributed by atoms with E-state index in [-0.39, 0.29) is 5.82 Å². The van der Waals surface area contributed by atoms with E-state index < -0.39 is 0 Å². The minimum Gasteiger partial charge on any atom is -0.338 e. The molecule has 2 aliphatic rings. The molecular formula is C21H17FN6. The van der Waals surface area contributed by atoms with E-state index in [9.17, 15) is 4.39 Å². The molecule has 0 spiro atoms. The SMILES string of the molecule is Fc1cccc(CNN2C=NC3=C(C2)c2ccncc2Nc2ncccc23)c1. The quantitative estimate of drug-likeness (QED) is 0.736. The van der Waals surface area contributed by atoms with E-state index in [4.69, 9.17) is 4.99 Å². The molecule has 2 N–H and O–H groups in total. The lowest BCUT2D eigenvalue weighted by molar-refractivity contribution is 0.344. The van der Waals surface area contributed by atoms with Crippen molar-refractivity contribution < 1.29 is 4.39 Å². The van der Waals surface area contributed by atoms with Gasteiger partial charge in [0.1, 0.15) is 18.0 Å². The summed E-state index contributed by atoms with van der Waals surface area (Å²) in [5.74, 6) is 0.525. The summed E-state index contributed by atoms with van der Waals surface area (Å²) in [6.07, 6.45) is 7.10. The van der Waals surface area contributed by atoms with Crippen molar-refractivity contribution in [3.63, 3.8) is 0 Å². The lowest BCUT2D eigenvalue weighted by Crippen LogP contribution is -2.39. The summed E-state index contributed by atoms with van der Waals surface area (Å²) >= 11 is 0. The van der Waals surface area contributed by atoms with Crippen LogP contribution in [-0.2, 0) is 6.54 Å². The van der Waals surface area contributed by atoms with E-state index in [0.717, 1.165) is 39.5 Å². The van der Waals surface area contributed by atoms with Gasteiger partial charge in [-0.3, -0.25) is 9.99 Å². The summed E-state index contributed by atoms with van der Waals surface area (Å²) in [5, 5.41) is 5.28. The van der Waals surface area contributed by atoms with E-state index in [2.05, 4.69) is 20.7 Å². The first-order chi connectivity index (χ1) is 13.8. The number of hydrogen-bond acceptors (Lipinski definition) is 6. The maximum absolute atomic E-state index is 13.4. The maximum Gasteiger partial charge on any atom is 0.139 e. The van der Waals surface area contributed by atoms with Gasteiger partial charge in [0, 0.05) is 35.6 Å². The van der Waals surface area contributed by atoms with Crippen LogP contribution in [0.4, 0.5) is 15.9 Å². The van der Waals surface area contributed by atoms with Crippen LogP contribution in [0.5, 0.6) is 0 Å². The molecule has 6 nitrogen and oxygen atoms in total. The molecule has 2 aromatic heterocycles. The summed E-state index contributed by atoms with van der Waals surface area (Å²) in [6.45, 7) is 1.12. The molecule has 0 amide bonds. The van der Waals surface area contributed by atoms with Gasteiger partial charge in [0.05, 0.1) is 24.1 Å². The molecule has 5 rings (SSSR count). The van der Waals surface area contributed by atoms with Crippen molar-refractivity contribution in [2.45, 2.75) is 6.54 Å². The molecule has 0 saturated carbocycles. The smallest absolute Gasteiger partial charge is 0.139 e. The number of benzene rings is 1. The van der Waals surface area contributed by atoms with Crippen LogP contribution in [0.2, 0.25) is 0 Å². The average Bonchev–Trinajstić information content (AvgIpc) is 2.87. The van der Waals surface area contributed by atoms with Crippen LogP contribution < -0.4 is 10.7 Å². The fraction of sp³-hybridized carbons (Fsp3) is 0.0952. The molecule has 2 aliphatic heterocycles. The van der Waals surface area contributed by atoms with Crippen LogP contribution in [0.3, 0.4) is 0 Å². The normalized spacial score (nSPS) is 14.7. The fourth-order valence-electron chi connectivity index (χ4n) is 3.45. The zero-order valence-electron chi connectivity index (χ0n) is 14.9. The Morgan fingerprint density at radius 2 is 2.07 bits per heavy atom. The van der Waals surface area contributed by atoms with Gasteiger partial charge in [0.15, 0.2) is 0 Å². The number of hydrazine groups is 1. The van der Waals surface area contributed by atoms with E-state index in [0.29, 0.717) is 13.1 Å². The number of aliphatic imine (C=N–C) groups is 1. The van der Waals surface area contributed by atoms with Crippen molar-refractivity contribution in [3.05, 3.63) is 83.6 Å². The summed E-state index contributed by atoms with van der Waals surface area (Å²) in [7, 11) is 0. The second-order valence-corrected chi connectivity index (χ2v) is 6.61. The first-order valence-electron chi connectivity index (χ1n) is 8.97. The zero-order chi connectivity index (χ0) is 18.9. The number of nitrogens with one attached hydrogen (secondary N) is 2. The van der Waals surface area contributed by atoms with Crippen LogP contribution in [0.15, 0.2) is 66.0 Å². The van der Waals surface area contributed by atoms with Crippen LogP contribution in [0.25, 0.3) is 11.3 Å². The predicted octanol–water partition coefficient (Wildman–Crippen LogP) is 3.59. The highest BCUT2D eigenvalue weighted by Crippen LogP contribution is 2.40. The van der Waals surface area contributed by atoms with Crippen LogP contribution in [-0.4, -0.2) is 27.9 Å². The lowest BCUT2D eigenvalue weighted by Gasteiger charge is -2.27. The Morgan fingerprint density at radius 3 is 3.00 bits per heavy atom. The minimum absolute atomic E-state index is 0.239. The first-order valence-corrected chi connectivity index (χ1v) is 8.97. The van der Waals surface area contributed by atoms with Crippen molar-refractivity contribution in [1.82, 2.24) is 20.4 Å². The Bertz CT molecular complexity index is 1110. The van der Waals surface area contributed by atoms with Gasteiger partial charge in [0.25, 0.3) is 0 Å². The number of anilines is 2. The average molecular weight is 372 g/mol. The van der Waals surface area contributed by atoms with Gasteiger partial charge in [0.2, 0.25) is 0 Å². The van der Waals surface area contributed by atoms with Gasteiger partial charge in [-0.2, -0.15) is 0 Å². The largest absolute Gasteiger partial charge is 0.338 e. The molecule has 1 aromatic carbocycles. The number of pyridine rings is 2. The number of rotatable bonds is 3. The zero-order valence-corrected chi connectivity index (χ0v) is 14.9. The van der Waals surface area contributed by atoms with Crippen LogP contribution >= 0.6 is 0 Å². The number of nitrogens with zero attached hydrogens (tertiary/aromatic N) is 4. The van der Waals surface area contributed by atoms with Crippen molar-refractivity contribution >= 4 is 29.1 Å². The molecule has 0 saturated heterocycles. The molecule has 0 bridgehead atoms. The third kappa shape index (κ3) is 3.01. The molecular weight excluding hydrogens is 355 g/mol. The molecule has 0 unspecified atom stereocenters. The van der Waals surface area contributed by atoms with Gasteiger partial charge < -0.3 is 5.32 Å². The topological polar surface area (TPSA) is 65.4 Å². The summed E-state index contributed by atoms with van der Waals surface area (Å²) in [6, 6.07) is 12.5. The molecule has 138 valence electrons. The highest BCUT2D eigenvalue weighted by Gasteiger charge is 2.25. The van der Waals surface area contributed by atoms with E-state index in [1.807, 2.05) is 29.3 Å². The van der Waals surface area contributed by atoms with Gasteiger partial charge in [-0.25, -0.2) is 19.8 Å². The standard InChI is InChI=1S/C21H17FN6/c22-15-4-1-3-14(9-15)10-26-28-12-18-16-6-8-23-11-19(16)27-21-17(5-2-7-24-21)20(18)25-13-28/h1-9,11,13,26H,10,12H2,(H,24,27). The third-order valence-electron chi connectivity index (χ3n) is 4.78. The minimum atomic E-state index is -0.239. The van der Waals surface area contributed by atoms with Crippen molar-refractivity contribution in [2.75, 3.05) is 11.9 Å². The molecule has 0 atom stereocenters. The Kier molecular flexibility index (Phi) is 4.06. The second-order valence-electron chi connectivity index (χ2n) is 6.61. The molecule has 0 fully saturated rings. The van der Waals surface area contributed by atoms with Gasteiger partial charge in [-0.1, -0.05) is 12.1 Å². The Balaban J connectivity index is 1.47. The Hall–Kier alpha value is -3.58. The third-order valence-corrected chi connectivity index (χ3v) is 4.78. The molecule has 7 heteroatoms. The molecule has 4 heterocycles. The number of halogens is 1. The first kappa shape index (κ1) is 16.6. The monoisotopic (exact) mass is 372 g/mol. The van der Waals surface area contributed by atoms with Crippen molar-refractivity contribution in [1.29, 1.82) is 0 Å². The Morgan fingerprint density at radius 1 is 1.11 bits per heavy atom. The fourth-order valence-corrected chi connectivity index (χ4v) is 3.45. The van der Waals surface area contributed by atoms with Crippen LogP contribution in [0.1, 0.15) is 16.7 Å². The molecule has 3 aromatic rings. The van der Waals surface area contributed by atoms with E-state index in [1.165, 1.54) is 12.1 Å². The highest BCUT2D eigenvalue weighted by molar-refractivity contribution is 6.03. The van der Waals surface area contributed by atoms with Gasteiger partial charge in [-0.15, -0.1) is 0 Å². The lowest BCUT2D eigenvalue weighted by atomic mass is 10.0. The van der Waals surface area contributed by atoms with E-state index >= 15 is 0 Å². The van der Waals surface area contributed by atoms with Gasteiger partial charge >= 0.3 is 0 Å². The highest BCUT2D eigenvalue weighted by atomic mass is 19.1. The number of fused-ring (bicyclic) bond motifs is 4. The second kappa shape index (κ2) is 6.86. The molecule has 0 radical (unpaired) electrons. The maximum atomic E-state index is 13.4. The molecule has 0 aliphatic carbocycles. The molecule has 28 heavy (non-hydrogen) atoms. The number of hydrogen-bond donors (Lipinski definition) is 2. The summed E-state index contributed by atoms with van der Waals surface area (Å²) in [4.78, 5) is 13.4. The predicted molar refractivity (Wildman–Crippen MR) is 107 cm³/mol. The van der Waals surface area contributed by atoms with Gasteiger partial charge in [-0.05, 0) is 35.9 Å².